The number of aryl methyl sites for hydroxylation is 1. The van der Waals surface area contributed by atoms with Crippen molar-refractivity contribution in [3.63, 3.8) is 0 Å². The van der Waals surface area contributed by atoms with Crippen LogP contribution in [0.5, 0.6) is 0 Å². The number of rotatable bonds is 5. The van der Waals surface area contributed by atoms with Gasteiger partial charge in [0.1, 0.15) is 6.10 Å². The van der Waals surface area contributed by atoms with Gasteiger partial charge in [-0.3, -0.25) is 4.79 Å². The highest BCUT2D eigenvalue weighted by Gasteiger charge is 2.18. The molecule has 0 spiro atoms. The lowest BCUT2D eigenvalue weighted by molar-refractivity contribution is 0.00940. The fourth-order valence-corrected chi connectivity index (χ4v) is 2.42. The minimum atomic E-state index is -0.295. The molecule has 7 nitrogen and oxygen atoms in total. The van der Waals surface area contributed by atoms with Crippen molar-refractivity contribution in [3.8, 4) is 0 Å². The molecule has 1 saturated heterocycles. The standard InChI is InChI=1S/C16H20N4O3/c1-2-12-7-14(23-20-12)16(21)19-10-11-8-17-15(18-9-11)13-5-3-4-6-22-13/h7-9,13H,2-6,10H2,1H3,(H,19,21). The molecule has 7 heteroatoms. The molecule has 2 aromatic heterocycles. The van der Waals surface area contributed by atoms with Crippen LogP contribution in [0.2, 0.25) is 0 Å². The van der Waals surface area contributed by atoms with E-state index in [1.807, 2.05) is 6.92 Å². The molecule has 1 atom stereocenters. The minimum absolute atomic E-state index is 0.00551. The van der Waals surface area contributed by atoms with E-state index in [1.165, 1.54) is 0 Å². The maximum Gasteiger partial charge on any atom is 0.290 e. The number of nitrogens with one attached hydrogen (secondary N) is 1. The monoisotopic (exact) mass is 316 g/mol. The first-order chi connectivity index (χ1) is 11.3. The van der Waals surface area contributed by atoms with Crippen LogP contribution in [-0.4, -0.2) is 27.6 Å². The third-order valence-corrected chi connectivity index (χ3v) is 3.79. The van der Waals surface area contributed by atoms with E-state index < -0.39 is 0 Å². The van der Waals surface area contributed by atoms with Gasteiger partial charge >= 0.3 is 0 Å². The van der Waals surface area contributed by atoms with Crippen LogP contribution in [0, 0.1) is 0 Å². The van der Waals surface area contributed by atoms with Crippen LogP contribution in [0.25, 0.3) is 0 Å². The lowest BCUT2D eigenvalue weighted by Gasteiger charge is -2.21. The van der Waals surface area contributed by atoms with Gasteiger partial charge in [-0.05, 0) is 25.7 Å². The molecule has 0 saturated carbocycles. The maximum atomic E-state index is 12.0. The highest BCUT2D eigenvalue weighted by atomic mass is 16.5. The Kier molecular flexibility index (Phi) is 4.97. The van der Waals surface area contributed by atoms with E-state index in [0.29, 0.717) is 12.4 Å². The average molecular weight is 316 g/mol. The second kappa shape index (κ2) is 7.32. The quantitative estimate of drug-likeness (QED) is 0.909. The number of amides is 1. The van der Waals surface area contributed by atoms with Crippen molar-refractivity contribution in [2.45, 2.75) is 45.3 Å². The van der Waals surface area contributed by atoms with Crippen molar-refractivity contribution in [2.75, 3.05) is 6.61 Å². The van der Waals surface area contributed by atoms with E-state index in [4.69, 9.17) is 9.26 Å². The molecule has 2 aromatic rings. The van der Waals surface area contributed by atoms with E-state index in [0.717, 1.165) is 43.5 Å². The van der Waals surface area contributed by atoms with Crippen molar-refractivity contribution in [1.29, 1.82) is 0 Å². The number of aromatic nitrogens is 3. The Morgan fingerprint density at radius 3 is 2.83 bits per heavy atom. The summed E-state index contributed by atoms with van der Waals surface area (Å²) >= 11 is 0. The molecule has 1 aliphatic rings. The van der Waals surface area contributed by atoms with E-state index >= 15 is 0 Å². The van der Waals surface area contributed by atoms with Crippen molar-refractivity contribution < 1.29 is 14.1 Å². The van der Waals surface area contributed by atoms with Crippen molar-refractivity contribution in [2.24, 2.45) is 0 Å². The van der Waals surface area contributed by atoms with Gasteiger partial charge in [0, 0.05) is 37.2 Å². The maximum absolute atomic E-state index is 12.0. The summed E-state index contributed by atoms with van der Waals surface area (Å²) in [5, 5.41) is 6.57. The summed E-state index contributed by atoms with van der Waals surface area (Å²) < 4.78 is 10.7. The zero-order chi connectivity index (χ0) is 16.1. The van der Waals surface area contributed by atoms with Gasteiger partial charge in [-0.25, -0.2) is 9.97 Å². The summed E-state index contributed by atoms with van der Waals surface area (Å²) in [6.07, 6.45) is 7.37. The van der Waals surface area contributed by atoms with E-state index in [2.05, 4.69) is 20.4 Å². The zero-order valence-electron chi connectivity index (χ0n) is 13.1. The molecule has 0 aliphatic carbocycles. The molecular formula is C16H20N4O3. The van der Waals surface area contributed by atoms with Crippen LogP contribution in [0.3, 0.4) is 0 Å². The average Bonchev–Trinajstić information content (AvgIpc) is 3.10. The van der Waals surface area contributed by atoms with Crippen LogP contribution in [0.4, 0.5) is 0 Å². The van der Waals surface area contributed by atoms with Crippen LogP contribution >= 0.6 is 0 Å². The minimum Gasteiger partial charge on any atom is -0.370 e. The highest BCUT2D eigenvalue weighted by Crippen LogP contribution is 2.24. The van der Waals surface area contributed by atoms with Crippen molar-refractivity contribution in [3.05, 3.63) is 41.3 Å². The molecule has 0 radical (unpaired) electrons. The lowest BCUT2D eigenvalue weighted by atomic mass is 10.1. The molecule has 1 fully saturated rings. The fraction of sp³-hybridized carbons (Fsp3) is 0.500. The number of carbonyl (C=O) groups is 1. The lowest BCUT2D eigenvalue weighted by Crippen LogP contribution is -2.22. The summed E-state index contributed by atoms with van der Waals surface area (Å²) in [7, 11) is 0. The summed E-state index contributed by atoms with van der Waals surface area (Å²) in [5.74, 6) is 0.634. The van der Waals surface area contributed by atoms with Crippen molar-refractivity contribution >= 4 is 5.91 Å². The van der Waals surface area contributed by atoms with Gasteiger partial charge in [0.05, 0.1) is 5.69 Å². The molecule has 3 rings (SSSR count). The largest absolute Gasteiger partial charge is 0.370 e. The predicted molar refractivity (Wildman–Crippen MR) is 81.6 cm³/mol. The van der Waals surface area contributed by atoms with Gasteiger partial charge in [-0.1, -0.05) is 12.1 Å². The number of nitrogens with zero attached hydrogens (tertiary/aromatic N) is 3. The summed E-state index contributed by atoms with van der Waals surface area (Å²) in [6, 6.07) is 1.65. The van der Waals surface area contributed by atoms with Gasteiger partial charge < -0.3 is 14.6 Å². The molecule has 1 aliphatic heterocycles. The second-order valence-corrected chi connectivity index (χ2v) is 5.52. The molecule has 1 N–H and O–H groups in total. The first-order valence-electron chi connectivity index (χ1n) is 7.92. The number of hydrogen-bond acceptors (Lipinski definition) is 6. The molecule has 122 valence electrons. The Bertz CT molecular complexity index is 648. The Morgan fingerprint density at radius 1 is 1.35 bits per heavy atom. The SMILES string of the molecule is CCc1cc(C(=O)NCc2cnc(C3CCCCO3)nc2)on1. The molecular weight excluding hydrogens is 296 g/mol. The topological polar surface area (TPSA) is 90.1 Å². The summed E-state index contributed by atoms with van der Waals surface area (Å²) in [6.45, 7) is 3.06. The van der Waals surface area contributed by atoms with Crippen molar-refractivity contribution in [1.82, 2.24) is 20.4 Å². The second-order valence-electron chi connectivity index (χ2n) is 5.52. The van der Waals surface area contributed by atoms with Crippen LogP contribution in [-0.2, 0) is 17.7 Å². The molecule has 0 bridgehead atoms. The van der Waals surface area contributed by atoms with Gasteiger partial charge in [0.15, 0.2) is 5.82 Å². The third kappa shape index (κ3) is 3.92. The van der Waals surface area contributed by atoms with Gasteiger partial charge in [0.2, 0.25) is 5.76 Å². The summed E-state index contributed by atoms with van der Waals surface area (Å²) in [4.78, 5) is 20.7. The Hall–Kier alpha value is -2.28. The predicted octanol–water partition coefficient (Wildman–Crippen LogP) is 2.20. The normalized spacial score (nSPS) is 17.9. The molecule has 23 heavy (non-hydrogen) atoms. The fourth-order valence-electron chi connectivity index (χ4n) is 2.42. The van der Waals surface area contributed by atoms with E-state index in [1.54, 1.807) is 18.5 Å². The Morgan fingerprint density at radius 2 is 2.17 bits per heavy atom. The number of hydrogen-bond donors (Lipinski definition) is 1. The molecule has 1 amide bonds. The van der Waals surface area contributed by atoms with Gasteiger partial charge in [-0.2, -0.15) is 0 Å². The smallest absolute Gasteiger partial charge is 0.290 e. The Balaban J connectivity index is 1.54. The van der Waals surface area contributed by atoms with E-state index in [-0.39, 0.29) is 17.8 Å². The number of ether oxygens (including phenoxy) is 1. The van der Waals surface area contributed by atoms with Crippen LogP contribution in [0.15, 0.2) is 23.0 Å². The van der Waals surface area contributed by atoms with E-state index in [9.17, 15) is 4.79 Å². The zero-order valence-corrected chi connectivity index (χ0v) is 13.1. The molecule has 0 aromatic carbocycles. The first kappa shape index (κ1) is 15.6. The Labute approximate surface area is 134 Å². The third-order valence-electron chi connectivity index (χ3n) is 3.79. The van der Waals surface area contributed by atoms with Crippen LogP contribution < -0.4 is 5.32 Å². The van der Waals surface area contributed by atoms with Gasteiger partial charge in [0.25, 0.3) is 5.91 Å². The number of carbonyl (C=O) groups excluding carboxylic acids is 1. The van der Waals surface area contributed by atoms with Gasteiger partial charge in [-0.15, -0.1) is 0 Å². The summed E-state index contributed by atoms with van der Waals surface area (Å²) in [5.41, 5.74) is 1.59. The van der Waals surface area contributed by atoms with Crippen LogP contribution in [0.1, 0.15) is 59.9 Å². The highest BCUT2D eigenvalue weighted by molar-refractivity contribution is 5.91. The molecule has 1 unspecified atom stereocenters. The molecule has 3 heterocycles. The first-order valence-corrected chi connectivity index (χ1v) is 7.92.